The second kappa shape index (κ2) is 6.37. The van der Waals surface area contributed by atoms with Crippen LogP contribution >= 0.6 is 15.9 Å². The first kappa shape index (κ1) is 15.0. The maximum atomic E-state index is 12.1. The number of aliphatic hydroxyl groups is 1. The summed E-state index contributed by atoms with van der Waals surface area (Å²) < 4.78 is 0.834. The number of benzene rings is 1. The lowest BCUT2D eigenvalue weighted by Crippen LogP contribution is -2.43. The van der Waals surface area contributed by atoms with Crippen LogP contribution in [0, 0.1) is 6.92 Å². The Bertz CT molecular complexity index is 533. The summed E-state index contributed by atoms with van der Waals surface area (Å²) >= 11 is 3.33. The molecule has 1 fully saturated rings. The predicted octanol–water partition coefficient (Wildman–Crippen LogP) is 1.68. The molecule has 0 saturated carbocycles. The van der Waals surface area contributed by atoms with Crippen LogP contribution in [0.25, 0.3) is 0 Å². The lowest BCUT2D eigenvalue weighted by Gasteiger charge is -2.22. The van der Waals surface area contributed by atoms with E-state index in [-0.39, 0.29) is 12.6 Å². The molecular formula is C14H17BrN2O3. The third kappa shape index (κ3) is 3.19. The zero-order valence-electron chi connectivity index (χ0n) is 11.2. The van der Waals surface area contributed by atoms with Gasteiger partial charge in [-0.15, -0.1) is 0 Å². The number of anilines is 1. The fourth-order valence-electron chi connectivity index (χ4n) is 2.33. The summed E-state index contributed by atoms with van der Waals surface area (Å²) in [7, 11) is 0. The molecule has 0 spiro atoms. The van der Waals surface area contributed by atoms with E-state index in [1.807, 2.05) is 19.1 Å². The average Bonchev–Trinajstić information content (AvgIpc) is 2.90. The summed E-state index contributed by atoms with van der Waals surface area (Å²) in [6.07, 6.45) is 1.56. The largest absolute Gasteiger partial charge is 0.394 e. The Morgan fingerprint density at radius 1 is 1.50 bits per heavy atom. The zero-order chi connectivity index (χ0) is 14.7. The Kier molecular flexibility index (Phi) is 4.77. The van der Waals surface area contributed by atoms with Crippen LogP contribution in [0.2, 0.25) is 0 Å². The Morgan fingerprint density at radius 3 is 2.95 bits per heavy atom. The van der Waals surface area contributed by atoms with Crippen molar-refractivity contribution in [1.29, 1.82) is 0 Å². The molecule has 5 nitrogen and oxygen atoms in total. The number of aliphatic hydroxyl groups excluding tert-OH is 1. The van der Waals surface area contributed by atoms with Gasteiger partial charge < -0.3 is 15.3 Å². The first-order valence-electron chi connectivity index (χ1n) is 6.52. The number of carbonyl (C=O) groups is 2. The molecule has 2 rings (SSSR count). The smallest absolute Gasteiger partial charge is 0.313 e. The molecule has 1 heterocycles. The van der Waals surface area contributed by atoms with Crippen molar-refractivity contribution in [3.63, 3.8) is 0 Å². The predicted molar refractivity (Wildman–Crippen MR) is 79.3 cm³/mol. The number of halogens is 1. The van der Waals surface area contributed by atoms with Crippen LogP contribution in [-0.2, 0) is 9.59 Å². The molecule has 1 aliphatic heterocycles. The summed E-state index contributed by atoms with van der Waals surface area (Å²) in [5, 5.41) is 11.8. The van der Waals surface area contributed by atoms with Crippen LogP contribution in [0.4, 0.5) is 5.69 Å². The Hall–Kier alpha value is -1.40. The van der Waals surface area contributed by atoms with E-state index in [9.17, 15) is 14.7 Å². The van der Waals surface area contributed by atoms with E-state index < -0.39 is 11.8 Å². The van der Waals surface area contributed by atoms with Gasteiger partial charge in [0, 0.05) is 16.7 Å². The van der Waals surface area contributed by atoms with E-state index in [2.05, 4.69) is 21.2 Å². The number of hydrogen-bond acceptors (Lipinski definition) is 3. The van der Waals surface area contributed by atoms with Gasteiger partial charge in [0.15, 0.2) is 0 Å². The van der Waals surface area contributed by atoms with Gasteiger partial charge in [0.1, 0.15) is 0 Å². The van der Waals surface area contributed by atoms with Gasteiger partial charge in [-0.2, -0.15) is 0 Å². The van der Waals surface area contributed by atoms with Gasteiger partial charge in [0.2, 0.25) is 0 Å². The molecule has 1 saturated heterocycles. The lowest BCUT2D eigenvalue weighted by atomic mass is 10.2. The zero-order valence-corrected chi connectivity index (χ0v) is 12.8. The van der Waals surface area contributed by atoms with Crippen molar-refractivity contribution in [2.45, 2.75) is 25.8 Å². The molecule has 2 amide bonds. The van der Waals surface area contributed by atoms with E-state index >= 15 is 0 Å². The Labute approximate surface area is 126 Å². The molecule has 6 heteroatoms. The molecule has 1 aromatic rings. The SMILES string of the molecule is Cc1ccc(Br)cc1NC(=O)C(=O)N1CCCC1CO. The van der Waals surface area contributed by atoms with Crippen molar-refractivity contribution in [2.75, 3.05) is 18.5 Å². The van der Waals surface area contributed by atoms with Crippen molar-refractivity contribution in [3.05, 3.63) is 28.2 Å². The highest BCUT2D eigenvalue weighted by Gasteiger charge is 2.32. The third-order valence-corrected chi connectivity index (χ3v) is 3.98. The van der Waals surface area contributed by atoms with Gasteiger partial charge in [-0.3, -0.25) is 9.59 Å². The van der Waals surface area contributed by atoms with E-state index in [4.69, 9.17) is 0 Å². The molecule has 2 N–H and O–H groups in total. The lowest BCUT2D eigenvalue weighted by molar-refractivity contribution is -0.144. The van der Waals surface area contributed by atoms with Gasteiger partial charge >= 0.3 is 11.8 Å². The molecule has 0 aromatic heterocycles. The van der Waals surface area contributed by atoms with Crippen LogP contribution in [0.15, 0.2) is 22.7 Å². The molecule has 0 aliphatic carbocycles. The van der Waals surface area contributed by atoms with Gasteiger partial charge in [0.05, 0.1) is 12.6 Å². The fourth-order valence-corrected chi connectivity index (χ4v) is 2.69. The summed E-state index contributed by atoms with van der Waals surface area (Å²) in [5.74, 6) is -1.24. The Morgan fingerprint density at radius 2 is 2.25 bits per heavy atom. The molecule has 108 valence electrons. The molecule has 20 heavy (non-hydrogen) atoms. The van der Waals surface area contributed by atoms with Crippen LogP contribution in [0.1, 0.15) is 18.4 Å². The van der Waals surface area contributed by atoms with Crippen molar-refractivity contribution >= 4 is 33.4 Å². The summed E-state index contributed by atoms with van der Waals surface area (Å²) in [5.41, 5.74) is 1.49. The highest BCUT2D eigenvalue weighted by Crippen LogP contribution is 2.21. The van der Waals surface area contributed by atoms with Crippen molar-refractivity contribution in [1.82, 2.24) is 4.90 Å². The van der Waals surface area contributed by atoms with Crippen molar-refractivity contribution in [2.24, 2.45) is 0 Å². The topological polar surface area (TPSA) is 69.6 Å². The number of likely N-dealkylation sites (tertiary alicyclic amines) is 1. The van der Waals surface area contributed by atoms with E-state index in [1.165, 1.54) is 4.90 Å². The molecular weight excluding hydrogens is 324 g/mol. The fraction of sp³-hybridized carbons (Fsp3) is 0.429. The maximum Gasteiger partial charge on any atom is 0.313 e. The third-order valence-electron chi connectivity index (χ3n) is 3.49. The molecule has 1 aliphatic rings. The normalized spacial score (nSPS) is 18.1. The first-order valence-corrected chi connectivity index (χ1v) is 7.31. The number of aryl methyl sites for hydroxylation is 1. The average molecular weight is 341 g/mol. The maximum absolute atomic E-state index is 12.1. The van der Waals surface area contributed by atoms with Crippen LogP contribution in [-0.4, -0.2) is 41.0 Å². The molecule has 0 radical (unpaired) electrons. The summed E-state index contributed by atoms with van der Waals surface area (Å²) in [4.78, 5) is 25.6. The molecule has 0 bridgehead atoms. The molecule has 1 aromatic carbocycles. The van der Waals surface area contributed by atoms with Gasteiger partial charge in [-0.1, -0.05) is 22.0 Å². The molecule has 1 unspecified atom stereocenters. The number of carbonyl (C=O) groups excluding carboxylic acids is 2. The van der Waals surface area contributed by atoms with Crippen LogP contribution in [0.5, 0.6) is 0 Å². The van der Waals surface area contributed by atoms with E-state index in [0.717, 1.165) is 22.9 Å². The minimum Gasteiger partial charge on any atom is -0.394 e. The minimum absolute atomic E-state index is 0.102. The highest BCUT2D eigenvalue weighted by molar-refractivity contribution is 9.10. The monoisotopic (exact) mass is 340 g/mol. The van der Waals surface area contributed by atoms with Gasteiger partial charge in [-0.05, 0) is 37.5 Å². The number of nitrogens with zero attached hydrogens (tertiary/aromatic N) is 1. The molecule has 1 atom stereocenters. The standard InChI is InChI=1S/C14H17BrN2O3/c1-9-4-5-10(15)7-12(9)16-13(19)14(20)17-6-2-3-11(17)8-18/h4-5,7,11,18H,2-3,6,8H2,1H3,(H,16,19). The van der Waals surface area contributed by atoms with Crippen molar-refractivity contribution in [3.8, 4) is 0 Å². The quantitative estimate of drug-likeness (QED) is 0.804. The highest BCUT2D eigenvalue weighted by atomic mass is 79.9. The minimum atomic E-state index is -0.661. The number of rotatable bonds is 2. The first-order chi connectivity index (χ1) is 9.52. The van der Waals surface area contributed by atoms with Crippen molar-refractivity contribution < 1.29 is 14.7 Å². The number of nitrogens with one attached hydrogen (secondary N) is 1. The van der Waals surface area contributed by atoms with Crippen LogP contribution < -0.4 is 5.32 Å². The summed E-state index contributed by atoms with van der Waals surface area (Å²) in [6.45, 7) is 2.28. The second-order valence-corrected chi connectivity index (χ2v) is 5.81. The Balaban J connectivity index is 2.08. The van der Waals surface area contributed by atoms with E-state index in [1.54, 1.807) is 6.07 Å². The number of amides is 2. The summed E-state index contributed by atoms with van der Waals surface area (Å²) in [6, 6.07) is 5.25. The van der Waals surface area contributed by atoms with Crippen LogP contribution in [0.3, 0.4) is 0 Å². The van der Waals surface area contributed by atoms with Gasteiger partial charge in [-0.25, -0.2) is 0 Å². The van der Waals surface area contributed by atoms with E-state index in [0.29, 0.717) is 12.2 Å². The van der Waals surface area contributed by atoms with Gasteiger partial charge in [0.25, 0.3) is 0 Å². The second-order valence-electron chi connectivity index (χ2n) is 4.89. The number of hydrogen-bond donors (Lipinski definition) is 2.